The highest BCUT2D eigenvalue weighted by Gasteiger charge is 2.44. The van der Waals surface area contributed by atoms with Crippen LogP contribution in [0.15, 0.2) is 45.6 Å². The third-order valence-corrected chi connectivity index (χ3v) is 5.13. The van der Waals surface area contributed by atoms with Crippen molar-refractivity contribution >= 4 is 11.0 Å². The van der Waals surface area contributed by atoms with Crippen LogP contribution >= 0.6 is 0 Å². The maximum absolute atomic E-state index is 12.4. The number of aliphatic hydroxyl groups is 4. The lowest BCUT2D eigenvalue weighted by Crippen LogP contribution is -2.60. The molecule has 0 spiro atoms. The Balaban J connectivity index is 1.64. The number of phenolic OH excluding ortho intramolecular Hbond substituents is 3. The third-order valence-electron chi connectivity index (χ3n) is 5.13. The molecule has 1 aromatic heterocycles. The zero-order valence-corrected chi connectivity index (χ0v) is 16.3. The molecule has 1 fully saturated rings. The van der Waals surface area contributed by atoms with Crippen LogP contribution in [-0.4, -0.2) is 73.1 Å². The third kappa shape index (κ3) is 3.83. The molecule has 0 saturated carbocycles. The predicted octanol–water partition coefficient (Wildman–Crippen LogP) is -0.245. The molecule has 2 heterocycles. The minimum absolute atomic E-state index is 0.0298. The Morgan fingerprint density at radius 1 is 0.906 bits per heavy atom. The standard InChI is InChI=1S/C21H20O11/c22-7-16-18(27)19(28)20(29)21(32-16)31-13-2-1-8(3-10(13)24)14-6-12(26)17-11(25)4-9(23)5-15(17)30-14/h1-6,16,18-25,27-29H,7H2/t16-,18+,19-,20-,21+/m1/s1. The summed E-state index contributed by atoms with van der Waals surface area (Å²) in [6, 6.07) is 7.19. The van der Waals surface area contributed by atoms with Crippen LogP contribution in [-0.2, 0) is 4.74 Å². The Labute approximate surface area is 179 Å². The molecule has 1 saturated heterocycles. The van der Waals surface area contributed by atoms with Gasteiger partial charge >= 0.3 is 0 Å². The number of aromatic hydroxyl groups is 3. The van der Waals surface area contributed by atoms with Gasteiger partial charge in [-0.2, -0.15) is 0 Å². The monoisotopic (exact) mass is 448 g/mol. The normalized spacial score (nSPS) is 25.7. The number of benzene rings is 2. The van der Waals surface area contributed by atoms with E-state index in [0.29, 0.717) is 0 Å². The summed E-state index contributed by atoms with van der Waals surface area (Å²) in [5.41, 5.74) is -0.378. The van der Waals surface area contributed by atoms with Gasteiger partial charge in [0.05, 0.1) is 6.61 Å². The smallest absolute Gasteiger partial charge is 0.229 e. The first-order valence-electron chi connectivity index (χ1n) is 9.50. The van der Waals surface area contributed by atoms with Crippen LogP contribution in [0.3, 0.4) is 0 Å². The highest BCUT2D eigenvalue weighted by Crippen LogP contribution is 2.35. The Bertz CT molecular complexity index is 1200. The van der Waals surface area contributed by atoms with Gasteiger partial charge in [-0.05, 0) is 18.2 Å². The van der Waals surface area contributed by atoms with E-state index in [0.717, 1.165) is 18.2 Å². The van der Waals surface area contributed by atoms with Crippen molar-refractivity contribution in [3.63, 3.8) is 0 Å². The average Bonchev–Trinajstić information content (AvgIpc) is 2.74. The molecule has 7 N–H and O–H groups in total. The number of phenols is 3. The molecule has 0 amide bonds. The van der Waals surface area contributed by atoms with Crippen molar-refractivity contribution in [2.45, 2.75) is 30.7 Å². The van der Waals surface area contributed by atoms with Crippen LogP contribution in [0.4, 0.5) is 0 Å². The van der Waals surface area contributed by atoms with Gasteiger partial charge in [-0.25, -0.2) is 0 Å². The number of ether oxygens (including phenoxy) is 2. The number of hydrogen-bond donors (Lipinski definition) is 7. The molecule has 5 atom stereocenters. The topological polar surface area (TPSA) is 190 Å². The first-order valence-corrected chi connectivity index (χ1v) is 9.50. The summed E-state index contributed by atoms with van der Waals surface area (Å²) in [4.78, 5) is 12.4. The summed E-state index contributed by atoms with van der Waals surface area (Å²) in [5.74, 6) is -1.30. The number of fused-ring (bicyclic) bond motifs is 1. The zero-order chi connectivity index (χ0) is 23.2. The largest absolute Gasteiger partial charge is 0.508 e. The Kier molecular flexibility index (Phi) is 5.67. The molecule has 3 aromatic rings. The number of rotatable bonds is 4. The molecule has 0 bridgehead atoms. The summed E-state index contributed by atoms with van der Waals surface area (Å²) >= 11 is 0. The van der Waals surface area contributed by atoms with Crippen molar-refractivity contribution in [2.24, 2.45) is 0 Å². The average molecular weight is 448 g/mol. The molecule has 0 unspecified atom stereocenters. The van der Waals surface area contributed by atoms with Gasteiger partial charge in [-0.1, -0.05) is 0 Å². The molecule has 1 aliphatic heterocycles. The Morgan fingerprint density at radius 3 is 2.34 bits per heavy atom. The first-order chi connectivity index (χ1) is 15.2. The number of hydrogen-bond acceptors (Lipinski definition) is 11. The molecule has 0 radical (unpaired) electrons. The van der Waals surface area contributed by atoms with Crippen LogP contribution in [0.2, 0.25) is 0 Å². The second-order valence-corrected chi connectivity index (χ2v) is 7.31. The van der Waals surface area contributed by atoms with Crippen LogP contribution in [0.5, 0.6) is 23.0 Å². The lowest BCUT2D eigenvalue weighted by Gasteiger charge is -2.39. The summed E-state index contributed by atoms with van der Waals surface area (Å²) in [7, 11) is 0. The van der Waals surface area contributed by atoms with E-state index >= 15 is 0 Å². The van der Waals surface area contributed by atoms with Crippen LogP contribution in [0, 0.1) is 0 Å². The van der Waals surface area contributed by atoms with Crippen LogP contribution < -0.4 is 10.2 Å². The second-order valence-electron chi connectivity index (χ2n) is 7.31. The van der Waals surface area contributed by atoms with Crippen molar-refractivity contribution in [3.05, 3.63) is 46.6 Å². The molecular formula is C21H20O11. The van der Waals surface area contributed by atoms with Gasteiger partial charge in [-0.15, -0.1) is 0 Å². The van der Waals surface area contributed by atoms with E-state index in [9.17, 15) is 40.5 Å². The highest BCUT2D eigenvalue weighted by molar-refractivity contribution is 5.86. The fraction of sp³-hybridized carbons (Fsp3) is 0.286. The molecule has 170 valence electrons. The molecule has 11 nitrogen and oxygen atoms in total. The maximum atomic E-state index is 12.4. The fourth-order valence-electron chi connectivity index (χ4n) is 3.46. The molecule has 1 aliphatic rings. The molecule has 11 heteroatoms. The van der Waals surface area contributed by atoms with Gasteiger partial charge in [0.1, 0.15) is 52.6 Å². The SMILES string of the molecule is O=c1cc(-c2ccc(O[C@H]3O[C@H](CO)[C@H](O)[C@@H](O)[C@H]3O)c(O)c2)oc2cc(O)cc(O)c12. The summed E-state index contributed by atoms with van der Waals surface area (Å²) in [6.07, 6.45) is -7.54. The van der Waals surface area contributed by atoms with E-state index in [2.05, 4.69) is 0 Å². The van der Waals surface area contributed by atoms with Gasteiger partial charge in [-0.3, -0.25) is 4.79 Å². The van der Waals surface area contributed by atoms with E-state index in [1.54, 1.807) is 0 Å². The Hall–Kier alpha value is -3.35. The van der Waals surface area contributed by atoms with E-state index in [1.165, 1.54) is 18.2 Å². The van der Waals surface area contributed by atoms with Crippen molar-refractivity contribution in [1.82, 2.24) is 0 Å². The molecule has 0 aliphatic carbocycles. The van der Waals surface area contributed by atoms with Crippen molar-refractivity contribution in [2.75, 3.05) is 6.61 Å². The fourth-order valence-corrected chi connectivity index (χ4v) is 3.46. The van der Waals surface area contributed by atoms with E-state index in [4.69, 9.17) is 13.9 Å². The van der Waals surface area contributed by atoms with Gasteiger partial charge < -0.3 is 49.6 Å². The highest BCUT2D eigenvalue weighted by atomic mass is 16.7. The van der Waals surface area contributed by atoms with Crippen LogP contribution in [0.1, 0.15) is 0 Å². The van der Waals surface area contributed by atoms with Gasteiger partial charge in [0.2, 0.25) is 6.29 Å². The lowest BCUT2D eigenvalue weighted by molar-refractivity contribution is -0.277. The zero-order valence-electron chi connectivity index (χ0n) is 16.3. The summed E-state index contributed by atoms with van der Waals surface area (Å²) in [6.45, 7) is -0.637. The molecule has 32 heavy (non-hydrogen) atoms. The summed E-state index contributed by atoms with van der Waals surface area (Å²) < 4.78 is 16.2. The molecule has 2 aromatic carbocycles. The van der Waals surface area contributed by atoms with Crippen molar-refractivity contribution in [1.29, 1.82) is 0 Å². The quantitative estimate of drug-likeness (QED) is 0.279. The van der Waals surface area contributed by atoms with Gasteiger partial charge in [0.25, 0.3) is 0 Å². The maximum Gasteiger partial charge on any atom is 0.229 e. The van der Waals surface area contributed by atoms with Crippen molar-refractivity contribution < 1.29 is 49.6 Å². The molecular weight excluding hydrogens is 428 g/mol. The second kappa shape index (κ2) is 8.30. The minimum atomic E-state index is -1.66. The van der Waals surface area contributed by atoms with E-state index < -0.39 is 54.2 Å². The van der Waals surface area contributed by atoms with Crippen LogP contribution in [0.25, 0.3) is 22.3 Å². The summed E-state index contributed by atoms with van der Waals surface area (Å²) in [5, 5.41) is 68.7. The minimum Gasteiger partial charge on any atom is -0.508 e. The predicted molar refractivity (Wildman–Crippen MR) is 107 cm³/mol. The first kappa shape index (κ1) is 21.9. The lowest BCUT2D eigenvalue weighted by atomic mass is 9.99. The molecule has 4 rings (SSSR count). The number of aliphatic hydroxyl groups excluding tert-OH is 4. The Morgan fingerprint density at radius 2 is 1.66 bits per heavy atom. The van der Waals surface area contributed by atoms with Crippen molar-refractivity contribution in [3.8, 4) is 34.3 Å². The van der Waals surface area contributed by atoms with E-state index in [-0.39, 0.29) is 33.8 Å². The van der Waals surface area contributed by atoms with E-state index in [1.807, 2.05) is 0 Å². The van der Waals surface area contributed by atoms with Gasteiger partial charge in [0.15, 0.2) is 16.9 Å². The van der Waals surface area contributed by atoms with Gasteiger partial charge in [0, 0.05) is 23.8 Å².